The average Bonchev–Trinajstić information content (AvgIpc) is 2.85. The number of nitrogens with one attached hydrogen (secondary N) is 1. The number of rotatable bonds is 9. The molecule has 21 heavy (non-hydrogen) atoms. The van der Waals surface area contributed by atoms with Gasteiger partial charge in [0.05, 0.1) is 0 Å². The van der Waals surface area contributed by atoms with Crippen molar-refractivity contribution in [2.75, 3.05) is 33.7 Å². The van der Waals surface area contributed by atoms with Crippen molar-refractivity contribution in [1.29, 1.82) is 0 Å². The third kappa shape index (κ3) is 5.03. The van der Waals surface area contributed by atoms with E-state index in [1.165, 1.54) is 11.3 Å². The summed E-state index contributed by atoms with van der Waals surface area (Å²) in [6.07, 6.45) is 0. The Balaban J connectivity index is 2.93. The van der Waals surface area contributed by atoms with Crippen LogP contribution in [-0.4, -0.2) is 57.4 Å². The maximum Gasteiger partial charge on any atom is 0.252 e. The van der Waals surface area contributed by atoms with E-state index >= 15 is 0 Å². The van der Waals surface area contributed by atoms with Crippen molar-refractivity contribution < 1.29 is 8.42 Å². The first-order valence-electron chi connectivity index (χ1n) is 7.28. The van der Waals surface area contributed by atoms with Gasteiger partial charge in [-0.3, -0.25) is 0 Å². The van der Waals surface area contributed by atoms with Crippen LogP contribution in [0, 0.1) is 0 Å². The molecule has 122 valence electrons. The first kappa shape index (κ1) is 18.6. The van der Waals surface area contributed by atoms with E-state index < -0.39 is 10.0 Å². The summed E-state index contributed by atoms with van der Waals surface area (Å²) in [5.74, 6) is 0. The predicted octanol–water partition coefficient (Wildman–Crippen LogP) is 1.82. The largest absolute Gasteiger partial charge is 0.312 e. The van der Waals surface area contributed by atoms with E-state index in [9.17, 15) is 8.42 Å². The van der Waals surface area contributed by atoms with E-state index in [1.54, 1.807) is 10.4 Å². The molecule has 0 saturated carbocycles. The monoisotopic (exact) mass is 333 g/mol. The second-order valence-electron chi connectivity index (χ2n) is 5.32. The van der Waals surface area contributed by atoms with Gasteiger partial charge >= 0.3 is 0 Å². The summed E-state index contributed by atoms with van der Waals surface area (Å²) in [7, 11) is 0.507. The molecule has 0 fully saturated rings. The Morgan fingerprint density at radius 3 is 2.48 bits per heavy atom. The Morgan fingerprint density at radius 2 is 1.95 bits per heavy atom. The summed E-state index contributed by atoms with van der Waals surface area (Å²) < 4.78 is 27.6. The number of hydrogen-bond acceptors (Lipinski definition) is 5. The Labute approximate surface area is 133 Å². The maximum absolute atomic E-state index is 12.8. The lowest BCUT2D eigenvalue weighted by atomic mass is 10.3. The summed E-state index contributed by atoms with van der Waals surface area (Å²) in [5.41, 5.74) is 0. The third-order valence-electron chi connectivity index (χ3n) is 3.18. The molecule has 0 aliphatic carbocycles. The number of thiophene rings is 1. The van der Waals surface area contributed by atoms with Crippen LogP contribution in [0.2, 0.25) is 0 Å². The lowest BCUT2D eigenvalue weighted by molar-refractivity contribution is 0.272. The van der Waals surface area contributed by atoms with Crippen LogP contribution in [-0.2, 0) is 16.6 Å². The van der Waals surface area contributed by atoms with Gasteiger partial charge in [-0.15, -0.1) is 11.3 Å². The molecule has 0 saturated heterocycles. The quantitative estimate of drug-likeness (QED) is 0.749. The Morgan fingerprint density at radius 1 is 1.29 bits per heavy atom. The minimum absolute atomic E-state index is 0.0469. The van der Waals surface area contributed by atoms with Crippen LogP contribution in [0.5, 0.6) is 0 Å². The van der Waals surface area contributed by atoms with Crippen molar-refractivity contribution in [3.63, 3.8) is 0 Å². The van der Waals surface area contributed by atoms with Crippen molar-refractivity contribution >= 4 is 21.4 Å². The van der Waals surface area contributed by atoms with Gasteiger partial charge in [-0.25, -0.2) is 8.42 Å². The highest BCUT2D eigenvalue weighted by Crippen LogP contribution is 2.26. The summed E-state index contributed by atoms with van der Waals surface area (Å²) in [4.78, 5) is 3.06. The van der Waals surface area contributed by atoms with Gasteiger partial charge in [0.2, 0.25) is 0 Å². The molecule has 1 aromatic heterocycles. The van der Waals surface area contributed by atoms with Crippen LogP contribution in [0.1, 0.15) is 25.6 Å². The highest BCUT2D eigenvalue weighted by Gasteiger charge is 2.29. The fourth-order valence-corrected chi connectivity index (χ4v) is 5.38. The van der Waals surface area contributed by atoms with Crippen LogP contribution < -0.4 is 5.32 Å². The average molecular weight is 334 g/mol. The van der Waals surface area contributed by atoms with Crippen LogP contribution >= 0.6 is 11.3 Å². The molecular weight excluding hydrogens is 306 g/mol. The molecule has 1 N–H and O–H groups in total. The Hall–Kier alpha value is -0.470. The minimum atomic E-state index is -3.40. The van der Waals surface area contributed by atoms with E-state index in [4.69, 9.17) is 0 Å². The molecule has 0 bridgehead atoms. The first-order valence-corrected chi connectivity index (χ1v) is 9.54. The predicted molar refractivity (Wildman–Crippen MR) is 89.3 cm³/mol. The summed E-state index contributed by atoms with van der Waals surface area (Å²) in [6, 6.07) is 3.57. The normalized spacial score (nSPS) is 14.0. The SMILES string of the molecule is CCNCc1ccc(S(=O)(=O)N(CC)C(C)CN(C)C)s1. The lowest BCUT2D eigenvalue weighted by Crippen LogP contribution is -2.43. The molecule has 5 nitrogen and oxygen atoms in total. The van der Waals surface area contributed by atoms with Gasteiger partial charge in [-0.1, -0.05) is 13.8 Å². The van der Waals surface area contributed by atoms with E-state index in [-0.39, 0.29) is 6.04 Å². The van der Waals surface area contributed by atoms with Crippen molar-refractivity contribution in [1.82, 2.24) is 14.5 Å². The number of sulfonamides is 1. The molecular formula is C14H27N3O2S2. The van der Waals surface area contributed by atoms with Crippen molar-refractivity contribution in [2.24, 2.45) is 0 Å². The smallest absolute Gasteiger partial charge is 0.252 e. The topological polar surface area (TPSA) is 52.7 Å². The maximum atomic E-state index is 12.8. The van der Waals surface area contributed by atoms with E-state index in [0.29, 0.717) is 17.3 Å². The summed E-state index contributed by atoms with van der Waals surface area (Å²) in [5, 5.41) is 3.22. The van der Waals surface area contributed by atoms with Gasteiger partial charge in [0, 0.05) is 30.6 Å². The van der Waals surface area contributed by atoms with Crippen molar-refractivity contribution in [3.05, 3.63) is 17.0 Å². The third-order valence-corrected chi connectivity index (χ3v) is 6.82. The molecule has 1 atom stereocenters. The molecule has 0 radical (unpaired) electrons. The van der Waals surface area contributed by atoms with Gasteiger partial charge in [-0.2, -0.15) is 4.31 Å². The fourth-order valence-electron chi connectivity index (χ4n) is 2.29. The van der Waals surface area contributed by atoms with Crippen LogP contribution in [0.4, 0.5) is 0 Å². The molecule has 7 heteroatoms. The van der Waals surface area contributed by atoms with Gasteiger partial charge in [0.25, 0.3) is 10.0 Å². The first-order chi connectivity index (χ1) is 9.82. The standard InChI is InChI=1S/C14H27N3O2S2/c1-6-15-10-13-8-9-14(20-13)21(18,19)17(7-2)12(3)11-16(4)5/h8-9,12,15H,6-7,10-11H2,1-5H3. The van der Waals surface area contributed by atoms with Crippen LogP contribution in [0.15, 0.2) is 16.3 Å². The molecule has 0 aromatic carbocycles. The highest BCUT2D eigenvalue weighted by atomic mass is 32.2. The molecule has 1 rings (SSSR count). The zero-order valence-electron chi connectivity index (χ0n) is 13.6. The van der Waals surface area contributed by atoms with Gasteiger partial charge in [0.1, 0.15) is 4.21 Å². The van der Waals surface area contributed by atoms with E-state index in [0.717, 1.165) is 18.0 Å². The highest BCUT2D eigenvalue weighted by molar-refractivity contribution is 7.91. The van der Waals surface area contributed by atoms with Crippen molar-refractivity contribution in [2.45, 2.75) is 37.6 Å². The zero-order valence-corrected chi connectivity index (χ0v) is 15.2. The fraction of sp³-hybridized carbons (Fsp3) is 0.714. The minimum Gasteiger partial charge on any atom is -0.312 e. The molecule has 0 aliphatic rings. The van der Waals surface area contributed by atoms with E-state index in [2.05, 4.69) is 5.32 Å². The van der Waals surface area contributed by atoms with Gasteiger partial charge in [-0.05, 0) is 39.7 Å². The molecule has 0 spiro atoms. The van der Waals surface area contributed by atoms with E-state index in [1.807, 2.05) is 45.8 Å². The zero-order chi connectivity index (χ0) is 16.0. The number of hydrogen-bond donors (Lipinski definition) is 1. The van der Waals surface area contributed by atoms with Crippen LogP contribution in [0.3, 0.4) is 0 Å². The Bertz CT molecular complexity index is 526. The summed E-state index contributed by atoms with van der Waals surface area (Å²) >= 11 is 1.35. The van der Waals surface area contributed by atoms with Crippen LogP contribution in [0.25, 0.3) is 0 Å². The molecule has 0 aliphatic heterocycles. The van der Waals surface area contributed by atoms with Gasteiger partial charge < -0.3 is 10.2 Å². The lowest BCUT2D eigenvalue weighted by Gasteiger charge is -2.28. The second kappa shape index (κ2) is 8.24. The number of nitrogens with zero attached hydrogens (tertiary/aromatic N) is 2. The molecule has 1 unspecified atom stereocenters. The second-order valence-corrected chi connectivity index (χ2v) is 8.61. The van der Waals surface area contributed by atoms with Crippen molar-refractivity contribution in [3.8, 4) is 0 Å². The molecule has 1 heterocycles. The van der Waals surface area contributed by atoms with Gasteiger partial charge in [0.15, 0.2) is 0 Å². The molecule has 0 amide bonds. The molecule has 1 aromatic rings. The summed E-state index contributed by atoms with van der Waals surface area (Å²) in [6.45, 7) is 8.66. The number of likely N-dealkylation sites (N-methyl/N-ethyl adjacent to an activating group) is 2. The Kier molecular flexibility index (Phi) is 7.29.